The maximum Gasteiger partial charge on any atom is 0.319 e. The van der Waals surface area contributed by atoms with Crippen molar-refractivity contribution in [3.63, 3.8) is 0 Å². The van der Waals surface area contributed by atoms with E-state index < -0.39 is 0 Å². The van der Waals surface area contributed by atoms with E-state index in [-0.39, 0.29) is 6.03 Å². The van der Waals surface area contributed by atoms with Crippen molar-refractivity contribution < 1.29 is 4.79 Å². The normalized spacial score (nSPS) is 10.7. The van der Waals surface area contributed by atoms with E-state index in [2.05, 4.69) is 29.4 Å². The number of rotatable bonds is 9. The predicted octanol–water partition coefficient (Wildman–Crippen LogP) is 3.97. The average Bonchev–Trinajstić information content (AvgIpc) is 2.49. The lowest BCUT2D eigenvalue weighted by Crippen LogP contribution is -2.29. The third kappa shape index (κ3) is 7.93. The minimum Gasteiger partial charge on any atom is -0.338 e. The molecule has 0 unspecified atom stereocenters. The second kappa shape index (κ2) is 10.5. The summed E-state index contributed by atoms with van der Waals surface area (Å²) in [5.74, 6) is 0. The molecule has 2 amide bonds. The van der Waals surface area contributed by atoms with Crippen molar-refractivity contribution in [1.29, 1.82) is 0 Å². The van der Waals surface area contributed by atoms with Crippen molar-refractivity contribution in [3.8, 4) is 0 Å². The summed E-state index contributed by atoms with van der Waals surface area (Å²) in [5.41, 5.74) is 0.749. The second-order valence-corrected chi connectivity index (χ2v) is 5.41. The lowest BCUT2D eigenvalue weighted by atomic mass is 10.2. The number of nitrogens with zero attached hydrogens (tertiary/aromatic N) is 1. The van der Waals surface area contributed by atoms with Crippen molar-refractivity contribution in [1.82, 2.24) is 10.2 Å². The van der Waals surface area contributed by atoms with E-state index in [1.165, 1.54) is 6.42 Å². The van der Waals surface area contributed by atoms with Gasteiger partial charge < -0.3 is 15.5 Å². The maximum atomic E-state index is 11.7. The Balaban J connectivity index is 2.07. The molecule has 0 aliphatic heterocycles. The number of benzene rings is 1. The molecule has 0 aliphatic rings. The van der Waals surface area contributed by atoms with Crippen LogP contribution in [0.15, 0.2) is 24.3 Å². The Hall–Kier alpha value is -1.26. The van der Waals surface area contributed by atoms with E-state index >= 15 is 0 Å². The molecule has 118 valence electrons. The Morgan fingerprint density at radius 2 is 1.76 bits per heavy atom. The molecule has 0 aromatic heterocycles. The van der Waals surface area contributed by atoms with E-state index in [1.807, 2.05) is 0 Å². The van der Waals surface area contributed by atoms with E-state index in [0.717, 1.165) is 38.2 Å². The number of hydrogen-bond donors (Lipinski definition) is 2. The summed E-state index contributed by atoms with van der Waals surface area (Å²) in [6.45, 7) is 8.44. The molecule has 4 nitrogen and oxygen atoms in total. The number of carbonyl (C=O) groups is 1. The van der Waals surface area contributed by atoms with Gasteiger partial charge in [0.15, 0.2) is 0 Å². The predicted molar refractivity (Wildman–Crippen MR) is 90.1 cm³/mol. The number of nitrogens with one attached hydrogen (secondary N) is 2. The maximum absolute atomic E-state index is 11.7. The zero-order valence-corrected chi connectivity index (χ0v) is 13.7. The fraction of sp³-hybridized carbons (Fsp3) is 0.562. The molecule has 0 aliphatic carbocycles. The molecular weight excluding hydrogens is 286 g/mol. The van der Waals surface area contributed by atoms with Crippen LogP contribution >= 0.6 is 11.6 Å². The molecular formula is C16H26ClN3O. The molecule has 5 heteroatoms. The first-order valence-electron chi connectivity index (χ1n) is 7.68. The van der Waals surface area contributed by atoms with Crippen molar-refractivity contribution >= 4 is 23.3 Å². The number of amides is 2. The van der Waals surface area contributed by atoms with Crippen molar-refractivity contribution in [3.05, 3.63) is 29.3 Å². The number of urea groups is 1. The minimum atomic E-state index is -0.166. The van der Waals surface area contributed by atoms with Crippen molar-refractivity contribution in [2.45, 2.75) is 33.1 Å². The van der Waals surface area contributed by atoms with E-state index in [0.29, 0.717) is 11.6 Å². The molecule has 0 fully saturated rings. The zero-order chi connectivity index (χ0) is 15.5. The largest absolute Gasteiger partial charge is 0.338 e. The van der Waals surface area contributed by atoms with Gasteiger partial charge in [0.05, 0.1) is 0 Å². The molecule has 1 rings (SSSR count). The van der Waals surface area contributed by atoms with Gasteiger partial charge in [-0.15, -0.1) is 0 Å². The van der Waals surface area contributed by atoms with Crippen LogP contribution in [-0.4, -0.2) is 37.1 Å². The smallest absolute Gasteiger partial charge is 0.319 e. The summed E-state index contributed by atoms with van der Waals surface area (Å²) in [5, 5.41) is 6.31. The van der Waals surface area contributed by atoms with E-state index in [4.69, 9.17) is 11.6 Å². The molecule has 0 saturated heterocycles. The molecule has 0 saturated carbocycles. The number of anilines is 1. The summed E-state index contributed by atoms with van der Waals surface area (Å²) in [6.07, 6.45) is 3.33. The topological polar surface area (TPSA) is 44.4 Å². The lowest BCUT2D eigenvalue weighted by molar-refractivity contribution is 0.251. The van der Waals surface area contributed by atoms with Crippen LogP contribution in [0.1, 0.15) is 33.1 Å². The monoisotopic (exact) mass is 311 g/mol. The Morgan fingerprint density at radius 1 is 1.10 bits per heavy atom. The fourth-order valence-electron chi connectivity index (χ4n) is 2.09. The van der Waals surface area contributed by atoms with Crippen LogP contribution < -0.4 is 10.6 Å². The van der Waals surface area contributed by atoms with Gasteiger partial charge in [0, 0.05) is 17.3 Å². The zero-order valence-electron chi connectivity index (χ0n) is 13.0. The van der Waals surface area contributed by atoms with Crippen LogP contribution in [-0.2, 0) is 0 Å². The SMILES string of the molecule is CCN(CC)CCCCCNC(=O)Nc1ccc(Cl)cc1. The number of halogens is 1. The summed E-state index contributed by atoms with van der Waals surface area (Å²) in [4.78, 5) is 14.1. The summed E-state index contributed by atoms with van der Waals surface area (Å²) in [7, 11) is 0. The standard InChI is InChI=1S/C16H26ClN3O/c1-3-20(4-2)13-7-5-6-12-18-16(21)19-15-10-8-14(17)9-11-15/h8-11H,3-7,12-13H2,1-2H3,(H2,18,19,21). The van der Waals surface area contributed by atoms with Crippen LogP contribution in [0.4, 0.5) is 10.5 Å². The number of unbranched alkanes of at least 4 members (excludes halogenated alkanes) is 2. The second-order valence-electron chi connectivity index (χ2n) is 4.98. The summed E-state index contributed by atoms with van der Waals surface area (Å²) in [6, 6.07) is 6.91. The van der Waals surface area contributed by atoms with E-state index in [9.17, 15) is 4.79 Å². The number of hydrogen-bond acceptors (Lipinski definition) is 2. The molecule has 1 aromatic rings. The highest BCUT2D eigenvalue weighted by Gasteiger charge is 2.01. The van der Waals surface area contributed by atoms with Gasteiger partial charge in [-0.05, 0) is 56.7 Å². The van der Waals surface area contributed by atoms with E-state index in [1.54, 1.807) is 24.3 Å². The fourth-order valence-corrected chi connectivity index (χ4v) is 2.21. The number of carbonyl (C=O) groups excluding carboxylic acids is 1. The van der Waals surface area contributed by atoms with Crippen LogP contribution in [0, 0.1) is 0 Å². The third-order valence-corrected chi connectivity index (χ3v) is 3.69. The van der Waals surface area contributed by atoms with Gasteiger partial charge in [-0.2, -0.15) is 0 Å². The minimum absolute atomic E-state index is 0.166. The third-order valence-electron chi connectivity index (χ3n) is 3.43. The first-order chi connectivity index (χ1) is 10.2. The highest BCUT2D eigenvalue weighted by molar-refractivity contribution is 6.30. The highest BCUT2D eigenvalue weighted by atomic mass is 35.5. The quantitative estimate of drug-likeness (QED) is 0.678. The Morgan fingerprint density at radius 3 is 2.38 bits per heavy atom. The van der Waals surface area contributed by atoms with Gasteiger partial charge >= 0.3 is 6.03 Å². The van der Waals surface area contributed by atoms with Crippen molar-refractivity contribution in [2.24, 2.45) is 0 Å². The molecule has 2 N–H and O–H groups in total. The average molecular weight is 312 g/mol. The van der Waals surface area contributed by atoms with Gasteiger partial charge in [0.2, 0.25) is 0 Å². The Kier molecular flexibility index (Phi) is 8.87. The first-order valence-corrected chi connectivity index (χ1v) is 8.06. The molecule has 0 atom stereocenters. The van der Waals surface area contributed by atoms with Gasteiger partial charge in [-0.25, -0.2) is 4.79 Å². The first kappa shape index (κ1) is 17.8. The molecule has 0 spiro atoms. The van der Waals surface area contributed by atoms with Crippen LogP contribution in [0.5, 0.6) is 0 Å². The molecule has 0 radical (unpaired) electrons. The summed E-state index contributed by atoms with van der Waals surface area (Å²) >= 11 is 5.79. The molecule has 0 heterocycles. The molecule has 1 aromatic carbocycles. The molecule has 0 bridgehead atoms. The lowest BCUT2D eigenvalue weighted by Gasteiger charge is -2.17. The van der Waals surface area contributed by atoms with Crippen molar-refractivity contribution in [2.75, 3.05) is 31.5 Å². The van der Waals surface area contributed by atoms with Gasteiger partial charge in [-0.1, -0.05) is 31.9 Å². The van der Waals surface area contributed by atoms with Gasteiger partial charge in [0.1, 0.15) is 0 Å². The molecule has 21 heavy (non-hydrogen) atoms. The van der Waals surface area contributed by atoms with Crippen LogP contribution in [0.25, 0.3) is 0 Å². The van der Waals surface area contributed by atoms with Crippen LogP contribution in [0.3, 0.4) is 0 Å². The highest BCUT2D eigenvalue weighted by Crippen LogP contribution is 2.13. The van der Waals surface area contributed by atoms with Crippen LogP contribution in [0.2, 0.25) is 5.02 Å². The Labute approximate surface area is 132 Å². The summed E-state index contributed by atoms with van der Waals surface area (Å²) < 4.78 is 0. The van der Waals surface area contributed by atoms with Gasteiger partial charge in [0.25, 0.3) is 0 Å². The Bertz CT molecular complexity index is 404. The van der Waals surface area contributed by atoms with Gasteiger partial charge in [-0.3, -0.25) is 0 Å².